The molecule has 0 fully saturated rings. The number of benzene rings is 1. The smallest absolute Gasteiger partial charge is 0.267 e. The third kappa shape index (κ3) is 3.82. The molecule has 0 aliphatic rings. The Bertz CT molecular complexity index is 559. The zero-order chi connectivity index (χ0) is 13.5. The maximum atomic E-state index is 10.9. The van der Waals surface area contributed by atoms with Crippen molar-refractivity contribution in [3.05, 3.63) is 66.0 Å². The van der Waals surface area contributed by atoms with Crippen LogP contribution in [-0.4, -0.2) is 15.7 Å². The van der Waals surface area contributed by atoms with Gasteiger partial charge < -0.3 is 4.57 Å². The van der Waals surface area contributed by atoms with Crippen molar-refractivity contribution in [1.82, 2.24) is 10.0 Å². The molecular formula is C15H16N2O2. The van der Waals surface area contributed by atoms with Gasteiger partial charge >= 0.3 is 0 Å². The third-order valence-electron chi connectivity index (χ3n) is 2.86. The van der Waals surface area contributed by atoms with Gasteiger partial charge in [0.25, 0.3) is 5.91 Å². The SMILES string of the molecule is O=C(C=Cc1cccn1CCc1ccccc1)NO. The van der Waals surface area contributed by atoms with E-state index in [1.807, 2.05) is 36.5 Å². The van der Waals surface area contributed by atoms with Gasteiger partial charge in [-0.1, -0.05) is 30.3 Å². The highest BCUT2D eigenvalue weighted by molar-refractivity contribution is 5.90. The zero-order valence-corrected chi connectivity index (χ0v) is 10.5. The van der Waals surface area contributed by atoms with Gasteiger partial charge in [0, 0.05) is 24.5 Å². The van der Waals surface area contributed by atoms with Crippen molar-refractivity contribution in [3.8, 4) is 0 Å². The molecule has 0 aliphatic carbocycles. The molecule has 4 nitrogen and oxygen atoms in total. The molecule has 4 heteroatoms. The number of nitrogens with one attached hydrogen (secondary N) is 1. The van der Waals surface area contributed by atoms with Crippen molar-refractivity contribution in [3.63, 3.8) is 0 Å². The average Bonchev–Trinajstić information content (AvgIpc) is 2.91. The molecule has 2 rings (SSSR count). The van der Waals surface area contributed by atoms with Gasteiger partial charge in [-0.3, -0.25) is 10.0 Å². The quantitative estimate of drug-likeness (QED) is 0.490. The Morgan fingerprint density at radius 1 is 1.21 bits per heavy atom. The van der Waals surface area contributed by atoms with Gasteiger partial charge in [0.05, 0.1) is 0 Å². The molecule has 19 heavy (non-hydrogen) atoms. The largest absolute Gasteiger partial charge is 0.348 e. The molecule has 0 bridgehead atoms. The summed E-state index contributed by atoms with van der Waals surface area (Å²) in [4.78, 5) is 10.9. The first kappa shape index (κ1) is 13.1. The van der Waals surface area contributed by atoms with Crippen LogP contribution < -0.4 is 5.48 Å². The first-order valence-corrected chi connectivity index (χ1v) is 6.11. The van der Waals surface area contributed by atoms with E-state index in [2.05, 4.69) is 16.7 Å². The number of hydroxylamine groups is 1. The Hall–Kier alpha value is -2.33. The van der Waals surface area contributed by atoms with Crippen LogP contribution in [0.3, 0.4) is 0 Å². The normalized spacial score (nSPS) is 10.8. The summed E-state index contributed by atoms with van der Waals surface area (Å²) in [7, 11) is 0. The Morgan fingerprint density at radius 2 is 2.00 bits per heavy atom. The molecule has 1 aromatic heterocycles. The third-order valence-corrected chi connectivity index (χ3v) is 2.86. The van der Waals surface area contributed by atoms with Gasteiger partial charge in [-0.2, -0.15) is 0 Å². The van der Waals surface area contributed by atoms with Gasteiger partial charge in [0.2, 0.25) is 0 Å². The molecule has 0 spiro atoms. The number of carbonyl (C=O) groups is 1. The molecule has 2 aromatic rings. The van der Waals surface area contributed by atoms with Crippen LogP contribution in [-0.2, 0) is 17.8 Å². The summed E-state index contributed by atoms with van der Waals surface area (Å²) in [6.07, 6.45) is 5.88. The van der Waals surface area contributed by atoms with Crippen LogP contribution in [0.25, 0.3) is 6.08 Å². The molecule has 1 heterocycles. The van der Waals surface area contributed by atoms with E-state index in [-0.39, 0.29) is 0 Å². The molecule has 0 radical (unpaired) electrons. The predicted molar refractivity (Wildman–Crippen MR) is 73.5 cm³/mol. The van der Waals surface area contributed by atoms with E-state index in [0.717, 1.165) is 18.7 Å². The minimum Gasteiger partial charge on any atom is -0.348 e. The number of aryl methyl sites for hydroxylation is 2. The standard InChI is InChI=1S/C15H16N2O2/c18-15(16-19)9-8-14-7-4-11-17(14)12-10-13-5-2-1-3-6-13/h1-9,11,19H,10,12H2,(H,16,18). The summed E-state index contributed by atoms with van der Waals surface area (Å²) in [6.45, 7) is 0.845. The van der Waals surface area contributed by atoms with Crippen LogP contribution in [0.4, 0.5) is 0 Å². The van der Waals surface area contributed by atoms with E-state index in [4.69, 9.17) is 5.21 Å². The first-order chi connectivity index (χ1) is 9.29. The highest BCUT2D eigenvalue weighted by Gasteiger charge is 1.99. The summed E-state index contributed by atoms with van der Waals surface area (Å²) in [5.74, 6) is -0.532. The number of rotatable bonds is 5. The molecule has 0 saturated heterocycles. The minimum absolute atomic E-state index is 0.532. The fourth-order valence-electron chi connectivity index (χ4n) is 1.87. The second-order valence-corrected chi connectivity index (χ2v) is 4.17. The summed E-state index contributed by atoms with van der Waals surface area (Å²) in [6, 6.07) is 14.1. The van der Waals surface area contributed by atoms with Gasteiger partial charge in [0.15, 0.2) is 0 Å². The monoisotopic (exact) mass is 256 g/mol. The molecule has 0 unspecified atom stereocenters. The minimum atomic E-state index is -0.532. The van der Waals surface area contributed by atoms with Crippen LogP contribution in [0.5, 0.6) is 0 Å². The number of nitrogens with zero attached hydrogens (tertiary/aromatic N) is 1. The lowest BCUT2D eigenvalue weighted by Gasteiger charge is -2.06. The number of hydrogen-bond acceptors (Lipinski definition) is 2. The highest BCUT2D eigenvalue weighted by Crippen LogP contribution is 2.08. The maximum Gasteiger partial charge on any atom is 0.267 e. The van der Waals surface area contributed by atoms with Crippen molar-refractivity contribution < 1.29 is 10.0 Å². The molecule has 0 saturated carbocycles. The summed E-state index contributed by atoms with van der Waals surface area (Å²) < 4.78 is 2.06. The fourth-order valence-corrected chi connectivity index (χ4v) is 1.87. The van der Waals surface area contributed by atoms with Crippen molar-refractivity contribution in [2.24, 2.45) is 0 Å². The van der Waals surface area contributed by atoms with Gasteiger partial charge in [0.1, 0.15) is 0 Å². The van der Waals surface area contributed by atoms with Gasteiger partial charge in [-0.15, -0.1) is 0 Å². The topological polar surface area (TPSA) is 54.3 Å². The van der Waals surface area contributed by atoms with E-state index in [1.165, 1.54) is 11.6 Å². The molecule has 98 valence electrons. The predicted octanol–water partition coefficient (Wildman–Crippen LogP) is 2.25. The average molecular weight is 256 g/mol. The van der Waals surface area contributed by atoms with Gasteiger partial charge in [-0.25, -0.2) is 5.48 Å². The summed E-state index contributed by atoms with van der Waals surface area (Å²) in [5, 5.41) is 8.43. The Kier molecular flexibility index (Phi) is 4.53. The number of aromatic nitrogens is 1. The summed E-state index contributed by atoms with van der Waals surface area (Å²) in [5.41, 5.74) is 3.78. The van der Waals surface area contributed by atoms with Crippen LogP contribution in [0, 0.1) is 0 Å². The number of carbonyl (C=O) groups excluding carboxylic acids is 1. The van der Waals surface area contributed by atoms with E-state index < -0.39 is 5.91 Å². The molecule has 1 aromatic carbocycles. The lowest BCUT2D eigenvalue weighted by Crippen LogP contribution is -2.15. The molecule has 1 amide bonds. The Labute approximate surface area is 112 Å². The second kappa shape index (κ2) is 6.56. The van der Waals surface area contributed by atoms with Crippen LogP contribution in [0.15, 0.2) is 54.7 Å². The molecule has 0 atom stereocenters. The summed E-state index contributed by atoms with van der Waals surface area (Å²) >= 11 is 0. The highest BCUT2D eigenvalue weighted by atomic mass is 16.5. The Morgan fingerprint density at radius 3 is 2.74 bits per heavy atom. The number of hydrogen-bond donors (Lipinski definition) is 2. The van der Waals surface area contributed by atoms with Crippen LogP contribution in [0.1, 0.15) is 11.3 Å². The first-order valence-electron chi connectivity index (χ1n) is 6.11. The van der Waals surface area contributed by atoms with Crippen LogP contribution in [0.2, 0.25) is 0 Å². The van der Waals surface area contributed by atoms with Crippen molar-refractivity contribution in [2.45, 2.75) is 13.0 Å². The lowest BCUT2D eigenvalue weighted by molar-refractivity contribution is -0.124. The van der Waals surface area contributed by atoms with Crippen LogP contribution >= 0.6 is 0 Å². The van der Waals surface area contributed by atoms with Crippen molar-refractivity contribution >= 4 is 12.0 Å². The molecule has 0 aliphatic heterocycles. The molecular weight excluding hydrogens is 240 g/mol. The van der Waals surface area contributed by atoms with Crippen molar-refractivity contribution in [1.29, 1.82) is 0 Å². The van der Waals surface area contributed by atoms with E-state index in [1.54, 1.807) is 11.6 Å². The lowest BCUT2D eigenvalue weighted by atomic mass is 10.1. The number of amides is 1. The fraction of sp³-hybridized carbons (Fsp3) is 0.133. The second-order valence-electron chi connectivity index (χ2n) is 4.17. The maximum absolute atomic E-state index is 10.9. The van der Waals surface area contributed by atoms with E-state index in [0.29, 0.717) is 0 Å². The van der Waals surface area contributed by atoms with E-state index >= 15 is 0 Å². The zero-order valence-electron chi connectivity index (χ0n) is 10.5. The van der Waals surface area contributed by atoms with Crippen molar-refractivity contribution in [2.75, 3.05) is 0 Å². The molecule has 2 N–H and O–H groups in total. The van der Waals surface area contributed by atoms with E-state index in [9.17, 15) is 4.79 Å². The van der Waals surface area contributed by atoms with Gasteiger partial charge in [-0.05, 0) is 30.2 Å². The Balaban J connectivity index is 2.00.